The van der Waals surface area contributed by atoms with Crippen LogP contribution in [0.5, 0.6) is 0 Å². The van der Waals surface area contributed by atoms with Gasteiger partial charge in [0.2, 0.25) is 0 Å². The third-order valence-electron chi connectivity index (χ3n) is 2.91. The van der Waals surface area contributed by atoms with E-state index in [4.69, 9.17) is 11.6 Å². The van der Waals surface area contributed by atoms with Gasteiger partial charge in [0.15, 0.2) is 5.96 Å². The summed E-state index contributed by atoms with van der Waals surface area (Å²) < 4.78 is 0. The second-order valence-corrected chi connectivity index (χ2v) is 6.20. The Morgan fingerprint density at radius 3 is 2.73 bits per heavy atom. The number of guanidine groups is 1. The fraction of sp³-hybridized carbons (Fsp3) is 0.400. The van der Waals surface area contributed by atoms with Gasteiger partial charge in [-0.1, -0.05) is 24.6 Å². The highest BCUT2D eigenvalue weighted by Crippen LogP contribution is 2.12. The van der Waals surface area contributed by atoms with Crippen molar-refractivity contribution in [3.05, 3.63) is 45.1 Å². The van der Waals surface area contributed by atoms with Crippen molar-refractivity contribution < 1.29 is 0 Å². The minimum atomic E-state index is 0.494. The molecule has 2 rings (SSSR count). The van der Waals surface area contributed by atoms with E-state index in [0.29, 0.717) is 18.2 Å². The molecule has 2 N–H and O–H groups in total. The predicted molar refractivity (Wildman–Crippen MR) is 92.4 cm³/mol. The number of pyridine rings is 1. The van der Waals surface area contributed by atoms with Gasteiger partial charge in [0.05, 0.1) is 13.1 Å². The summed E-state index contributed by atoms with van der Waals surface area (Å²) in [6.07, 6.45) is 4.70. The van der Waals surface area contributed by atoms with Crippen LogP contribution in [0.2, 0.25) is 5.15 Å². The van der Waals surface area contributed by atoms with Crippen molar-refractivity contribution in [3.63, 3.8) is 0 Å². The maximum atomic E-state index is 5.78. The van der Waals surface area contributed by atoms with Crippen LogP contribution in [0.1, 0.15) is 29.3 Å². The smallest absolute Gasteiger partial charge is 0.191 e. The molecule has 0 spiro atoms. The molecule has 2 aromatic heterocycles. The molecule has 0 aliphatic carbocycles. The molecule has 0 amide bonds. The van der Waals surface area contributed by atoms with Crippen LogP contribution in [0.3, 0.4) is 0 Å². The number of nitrogens with zero attached hydrogens (tertiary/aromatic N) is 3. The molecule has 7 heteroatoms. The number of hydrogen-bond acceptors (Lipinski definition) is 4. The maximum Gasteiger partial charge on any atom is 0.191 e. The average molecular weight is 338 g/mol. The Labute approximate surface area is 139 Å². The molecule has 0 saturated carbocycles. The Bertz CT molecular complexity index is 609. The zero-order valence-electron chi connectivity index (χ0n) is 12.8. The van der Waals surface area contributed by atoms with E-state index in [-0.39, 0.29) is 0 Å². The molecule has 2 aromatic rings. The van der Waals surface area contributed by atoms with Gasteiger partial charge in [0.25, 0.3) is 0 Å². The summed E-state index contributed by atoms with van der Waals surface area (Å²) in [6.45, 7) is 6.21. The summed E-state index contributed by atoms with van der Waals surface area (Å²) in [5.41, 5.74) is 1.02. The maximum absolute atomic E-state index is 5.78. The quantitative estimate of drug-likeness (QED) is 0.483. The average Bonchev–Trinajstić information content (AvgIpc) is 3.00. The van der Waals surface area contributed by atoms with E-state index in [0.717, 1.165) is 29.5 Å². The zero-order valence-corrected chi connectivity index (χ0v) is 14.3. The van der Waals surface area contributed by atoms with Crippen LogP contribution in [0.25, 0.3) is 0 Å². The highest BCUT2D eigenvalue weighted by atomic mass is 35.5. The Morgan fingerprint density at radius 2 is 2.09 bits per heavy atom. The topological polar surface area (TPSA) is 62.2 Å². The van der Waals surface area contributed by atoms with Gasteiger partial charge in [-0.15, -0.1) is 11.3 Å². The predicted octanol–water partition coefficient (Wildman–Crippen LogP) is 3.01. The molecule has 0 aliphatic rings. The Hall–Kier alpha value is -1.66. The zero-order chi connectivity index (χ0) is 15.8. The summed E-state index contributed by atoms with van der Waals surface area (Å²) in [5.74, 6) is 0.769. The van der Waals surface area contributed by atoms with Crippen molar-refractivity contribution in [2.45, 2.75) is 33.4 Å². The number of hydrogen-bond donors (Lipinski definition) is 2. The Balaban J connectivity index is 1.93. The van der Waals surface area contributed by atoms with E-state index in [1.54, 1.807) is 23.6 Å². The largest absolute Gasteiger partial charge is 0.357 e. The molecular weight excluding hydrogens is 318 g/mol. The molecule has 2 heterocycles. The first-order valence-electron chi connectivity index (χ1n) is 7.27. The molecule has 0 aromatic carbocycles. The Kier molecular flexibility index (Phi) is 6.61. The lowest BCUT2D eigenvalue weighted by Gasteiger charge is -2.10. The van der Waals surface area contributed by atoms with Crippen LogP contribution in [0, 0.1) is 0 Å². The van der Waals surface area contributed by atoms with E-state index < -0.39 is 0 Å². The van der Waals surface area contributed by atoms with Gasteiger partial charge < -0.3 is 10.6 Å². The molecule has 0 unspecified atom stereocenters. The second kappa shape index (κ2) is 8.70. The van der Waals surface area contributed by atoms with Gasteiger partial charge in [-0.25, -0.2) is 15.0 Å². The number of aliphatic imine (C=N–C) groups is 1. The first-order chi connectivity index (χ1) is 10.7. The Morgan fingerprint density at radius 1 is 1.23 bits per heavy atom. The van der Waals surface area contributed by atoms with Crippen LogP contribution in [0.15, 0.2) is 29.5 Å². The van der Waals surface area contributed by atoms with Gasteiger partial charge in [0.1, 0.15) is 10.2 Å². The summed E-state index contributed by atoms with van der Waals surface area (Å²) in [4.78, 5) is 14.3. The monoisotopic (exact) mass is 337 g/mol. The number of nitrogens with one attached hydrogen (secondary N) is 2. The third kappa shape index (κ3) is 5.27. The molecule has 0 radical (unpaired) electrons. The summed E-state index contributed by atoms with van der Waals surface area (Å²) in [5, 5.41) is 8.08. The molecule has 0 bridgehead atoms. The number of thiazole rings is 1. The van der Waals surface area contributed by atoms with Crippen LogP contribution < -0.4 is 10.6 Å². The van der Waals surface area contributed by atoms with E-state index >= 15 is 0 Å². The lowest BCUT2D eigenvalue weighted by Crippen LogP contribution is -2.36. The minimum absolute atomic E-state index is 0.494. The van der Waals surface area contributed by atoms with Crippen molar-refractivity contribution in [2.75, 3.05) is 6.54 Å². The van der Waals surface area contributed by atoms with Gasteiger partial charge in [-0.3, -0.25) is 0 Å². The lowest BCUT2D eigenvalue weighted by atomic mass is 10.3. The summed E-state index contributed by atoms with van der Waals surface area (Å²) >= 11 is 7.51. The number of aromatic nitrogens is 2. The first-order valence-corrected chi connectivity index (χ1v) is 8.47. The van der Waals surface area contributed by atoms with Crippen LogP contribution in [-0.4, -0.2) is 22.5 Å². The van der Waals surface area contributed by atoms with Crippen molar-refractivity contribution >= 4 is 28.9 Å². The molecule has 5 nitrogen and oxygen atoms in total. The standard InChI is InChI=1S/C15H20ClN5S/c1-3-12-9-19-14(22-12)10-21-15(17-4-2)20-8-11-5-6-13(16)18-7-11/h5-7,9H,3-4,8,10H2,1-2H3,(H2,17,20,21). The van der Waals surface area contributed by atoms with Crippen molar-refractivity contribution in [1.82, 2.24) is 20.6 Å². The van der Waals surface area contributed by atoms with Gasteiger partial charge >= 0.3 is 0 Å². The van der Waals surface area contributed by atoms with Crippen LogP contribution in [0.4, 0.5) is 0 Å². The van der Waals surface area contributed by atoms with E-state index in [1.807, 2.05) is 19.2 Å². The fourth-order valence-corrected chi connectivity index (χ4v) is 2.68. The normalized spacial score (nSPS) is 11.5. The fourth-order valence-electron chi connectivity index (χ4n) is 1.76. The molecule has 22 heavy (non-hydrogen) atoms. The minimum Gasteiger partial charge on any atom is -0.357 e. The van der Waals surface area contributed by atoms with Gasteiger partial charge in [0, 0.05) is 23.8 Å². The number of aryl methyl sites for hydroxylation is 1. The van der Waals surface area contributed by atoms with Crippen LogP contribution >= 0.6 is 22.9 Å². The molecule has 0 fully saturated rings. The third-order valence-corrected chi connectivity index (χ3v) is 4.27. The van der Waals surface area contributed by atoms with Crippen molar-refractivity contribution in [2.24, 2.45) is 4.99 Å². The molecule has 0 saturated heterocycles. The SMILES string of the molecule is CCNC(=NCc1ccc(Cl)nc1)NCc1ncc(CC)s1. The lowest BCUT2D eigenvalue weighted by molar-refractivity contribution is 0.811. The summed E-state index contributed by atoms with van der Waals surface area (Å²) in [7, 11) is 0. The first kappa shape index (κ1) is 16.7. The van der Waals surface area contributed by atoms with E-state index in [2.05, 4.69) is 32.5 Å². The number of rotatable bonds is 6. The molecule has 0 aliphatic heterocycles. The van der Waals surface area contributed by atoms with Crippen molar-refractivity contribution in [1.29, 1.82) is 0 Å². The van der Waals surface area contributed by atoms with Crippen molar-refractivity contribution in [3.8, 4) is 0 Å². The van der Waals surface area contributed by atoms with E-state index in [1.165, 1.54) is 4.88 Å². The highest BCUT2D eigenvalue weighted by Gasteiger charge is 2.03. The molecule has 0 atom stereocenters. The molecule has 118 valence electrons. The summed E-state index contributed by atoms with van der Waals surface area (Å²) in [6, 6.07) is 3.70. The van der Waals surface area contributed by atoms with Gasteiger partial charge in [-0.2, -0.15) is 0 Å². The van der Waals surface area contributed by atoms with Crippen LogP contribution in [-0.2, 0) is 19.5 Å². The highest BCUT2D eigenvalue weighted by molar-refractivity contribution is 7.11. The number of halogens is 1. The molecular formula is C15H20ClN5S. The second-order valence-electron chi connectivity index (χ2n) is 4.61. The van der Waals surface area contributed by atoms with E-state index in [9.17, 15) is 0 Å². The van der Waals surface area contributed by atoms with Gasteiger partial charge in [-0.05, 0) is 25.0 Å².